The third-order valence-corrected chi connectivity index (χ3v) is 5.81. The number of carboxylic acids is 1. The summed E-state index contributed by atoms with van der Waals surface area (Å²) in [5, 5.41) is 22.3. The molecule has 0 spiro atoms. The van der Waals surface area contributed by atoms with E-state index in [-0.39, 0.29) is 10.9 Å². The number of aromatic nitrogens is 3. The zero-order chi connectivity index (χ0) is 20.1. The minimum Gasteiger partial charge on any atom is -0.477 e. The number of pyridine rings is 2. The Morgan fingerprint density at radius 1 is 1.43 bits per heavy atom. The second-order valence-electron chi connectivity index (χ2n) is 6.88. The van der Waals surface area contributed by atoms with Crippen molar-refractivity contribution in [2.45, 2.75) is 18.9 Å². The van der Waals surface area contributed by atoms with Crippen LogP contribution in [0.5, 0.6) is 0 Å². The van der Waals surface area contributed by atoms with Gasteiger partial charge in [-0.1, -0.05) is 0 Å². The molecule has 4 heterocycles. The summed E-state index contributed by atoms with van der Waals surface area (Å²) in [5.41, 5.74) is -0.789. The largest absolute Gasteiger partial charge is 0.477 e. The average molecular weight is 421 g/mol. The molecule has 0 radical (unpaired) electrons. The zero-order valence-corrected chi connectivity index (χ0v) is 16.5. The first-order valence-corrected chi connectivity index (χ1v) is 9.98. The third kappa shape index (κ3) is 3.05. The first-order chi connectivity index (χ1) is 13.3. The number of thiazole rings is 1. The van der Waals surface area contributed by atoms with E-state index in [0.29, 0.717) is 47.6 Å². The van der Waals surface area contributed by atoms with Gasteiger partial charge in [-0.2, -0.15) is 0 Å². The van der Waals surface area contributed by atoms with Crippen molar-refractivity contribution in [3.63, 3.8) is 0 Å². The van der Waals surface area contributed by atoms with Crippen molar-refractivity contribution >= 4 is 45.8 Å². The van der Waals surface area contributed by atoms with Crippen LogP contribution in [0, 0.1) is 6.92 Å². The van der Waals surface area contributed by atoms with Crippen molar-refractivity contribution in [1.82, 2.24) is 14.5 Å². The molecule has 1 saturated heterocycles. The molecule has 0 aliphatic carbocycles. The van der Waals surface area contributed by atoms with Gasteiger partial charge in [0.15, 0.2) is 10.8 Å². The molecule has 2 N–H and O–H groups in total. The maximum absolute atomic E-state index is 12.7. The van der Waals surface area contributed by atoms with Crippen LogP contribution >= 0.6 is 22.9 Å². The maximum atomic E-state index is 12.7. The van der Waals surface area contributed by atoms with Crippen molar-refractivity contribution < 1.29 is 15.0 Å². The van der Waals surface area contributed by atoms with Gasteiger partial charge in [0, 0.05) is 23.7 Å². The lowest BCUT2D eigenvalue weighted by Gasteiger charge is -2.47. The van der Waals surface area contributed by atoms with Gasteiger partial charge in [0.05, 0.1) is 18.5 Å². The first-order valence-electron chi connectivity index (χ1n) is 8.56. The molecule has 10 heteroatoms. The highest BCUT2D eigenvalue weighted by molar-refractivity contribution is 7.12. The zero-order valence-electron chi connectivity index (χ0n) is 14.9. The number of fused-ring (bicyclic) bond motifs is 1. The quantitative estimate of drug-likeness (QED) is 0.608. The molecule has 0 bridgehead atoms. The Labute approximate surface area is 168 Å². The number of nitrogens with zero attached hydrogens (tertiary/aromatic N) is 4. The summed E-state index contributed by atoms with van der Waals surface area (Å²) in [6, 6.07) is 1.74. The normalized spacial score (nSPS) is 15.6. The number of carboxylic acid groups (broad SMARTS) is 1. The number of aryl methyl sites for hydroxylation is 1. The second kappa shape index (κ2) is 6.84. The molecule has 28 heavy (non-hydrogen) atoms. The molecule has 3 aromatic heterocycles. The van der Waals surface area contributed by atoms with Gasteiger partial charge in [-0.05, 0) is 25.0 Å². The Bertz CT molecular complexity index is 1120. The molecule has 3 aromatic rings. The first kappa shape index (κ1) is 18.9. The number of alkyl halides is 1. The molecule has 1 fully saturated rings. The lowest BCUT2D eigenvalue weighted by atomic mass is 9.91. The molecular weight excluding hydrogens is 404 g/mol. The van der Waals surface area contributed by atoms with Crippen LogP contribution in [-0.4, -0.2) is 55.3 Å². The predicted molar refractivity (Wildman–Crippen MR) is 107 cm³/mol. The summed E-state index contributed by atoms with van der Waals surface area (Å²) in [6.07, 6.45) is 3.36. The number of aliphatic hydroxyl groups is 1. The topological polar surface area (TPSA) is 109 Å². The van der Waals surface area contributed by atoms with Crippen LogP contribution in [-0.2, 0) is 0 Å². The van der Waals surface area contributed by atoms with Crippen LogP contribution in [0.1, 0.15) is 22.3 Å². The molecule has 4 rings (SSSR count). The molecule has 0 atom stereocenters. The maximum Gasteiger partial charge on any atom is 0.341 e. The van der Waals surface area contributed by atoms with Crippen LogP contribution in [0.15, 0.2) is 28.6 Å². The Morgan fingerprint density at radius 2 is 2.18 bits per heavy atom. The molecule has 8 nitrogen and oxygen atoms in total. The van der Waals surface area contributed by atoms with Crippen LogP contribution < -0.4 is 10.3 Å². The lowest BCUT2D eigenvalue weighted by Crippen LogP contribution is -2.62. The van der Waals surface area contributed by atoms with Crippen LogP contribution in [0.25, 0.3) is 16.2 Å². The van der Waals surface area contributed by atoms with Crippen molar-refractivity contribution in [3.05, 3.63) is 45.2 Å². The fraction of sp³-hybridized carbons (Fsp3) is 0.333. The van der Waals surface area contributed by atoms with E-state index in [0.717, 1.165) is 0 Å². The molecule has 146 valence electrons. The number of β-amino-alcohol motifs (C(OH)–C–C–N with tert-alkyl or cyclic N) is 1. The van der Waals surface area contributed by atoms with Crippen LogP contribution in [0.4, 0.5) is 5.82 Å². The van der Waals surface area contributed by atoms with Gasteiger partial charge >= 0.3 is 5.97 Å². The summed E-state index contributed by atoms with van der Waals surface area (Å²) in [6.45, 7) is 2.54. The number of hydrogen-bond acceptors (Lipinski definition) is 7. The Hall–Kier alpha value is -2.49. The van der Waals surface area contributed by atoms with Gasteiger partial charge < -0.3 is 15.1 Å². The van der Waals surface area contributed by atoms with E-state index < -0.39 is 17.0 Å². The van der Waals surface area contributed by atoms with Crippen LogP contribution in [0.2, 0.25) is 0 Å². The van der Waals surface area contributed by atoms with E-state index in [2.05, 4.69) is 9.97 Å². The molecule has 0 saturated carbocycles. The number of hydrogen-bond donors (Lipinski definition) is 2. The van der Waals surface area contributed by atoms with Crippen LogP contribution in [0.3, 0.4) is 0 Å². The minimum atomic E-state index is -1.30. The Morgan fingerprint density at radius 3 is 2.79 bits per heavy atom. The third-order valence-electron chi connectivity index (χ3n) is 4.85. The summed E-state index contributed by atoms with van der Waals surface area (Å²) in [5.74, 6) is -0.317. The van der Waals surface area contributed by atoms with E-state index in [9.17, 15) is 19.8 Å². The molecule has 1 aliphatic rings. The second-order valence-corrected chi connectivity index (χ2v) is 8.13. The number of anilines is 1. The summed E-state index contributed by atoms with van der Waals surface area (Å²) < 4.78 is 1.53. The molecule has 1 aliphatic heterocycles. The fourth-order valence-corrected chi connectivity index (χ4v) is 4.40. The Kier molecular flexibility index (Phi) is 4.60. The number of carbonyl (C=O) groups is 1. The lowest BCUT2D eigenvalue weighted by molar-refractivity contribution is 0.00890. The number of halogens is 1. The number of aromatic carboxylic acids is 1. The van der Waals surface area contributed by atoms with E-state index in [4.69, 9.17) is 11.6 Å². The molecular formula is C18H17ClN4O4S. The fourth-order valence-electron chi connectivity index (χ4n) is 3.43. The molecule has 0 amide bonds. The molecule has 0 unspecified atom stereocenters. The monoisotopic (exact) mass is 420 g/mol. The van der Waals surface area contributed by atoms with E-state index in [1.54, 1.807) is 24.6 Å². The predicted octanol–water partition coefficient (Wildman–Crippen LogP) is 2.03. The van der Waals surface area contributed by atoms with Crippen molar-refractivity contribution in [1.29, 1.82) is 0 Å². The van der Waals surface area contributed by atoms with Crippen molar-refractivity contribution in [2.24, 2.45) is 0 Å². The number of rotatable bonds is 5. The van der Waals surface area contributed by atoms with E-state index >= 15 is 0 Å². The SMILES string of the molecule is Cc1cc(N2CC(O)(CCCl)C2)nc2c1c(=O)c(C(=O)O)cn2-c1nccs1. The summed E-state index contributed by atoms with van der Waals surface area (Å²) in [7, 11) is 0. The summed E-state index contributed by atoms with van der Waals surface area (Å²) >= 11 is 7.06. The highest BCUT2D eigenvalue weighted by Crippen LogP contribution is 2.31. The highest BCUT2D eigenvalue weighted by atomic mass is 35.5. The van der Waals surface area contributed by atoms with Gasteiger partial charge in [0.2, 0.25) is 5.43 Å². The average Bonchev–Trinajstić information content (AvgIpc) is 3.13. The van der Waals surface area contributed by atoms with Gasteiger partial charge in [-0.15, -0.1) is 22.9 Å². The highest BCUT2D eigenvalue weighted by Gasteiger charge is 2.41. The standard InChI is InChI=1S/C18H17ClN4O4S/c1-10-6-12(22-8-18(27,9-22)2-3-19)21-15-13(10)14(24)11(16(25)26)7-23(15)17-20-4-5-28-17/h4-7,27H,2-3,8-9H2,1H3,(H,25,26). The van der Waals surface area contributed by atoms with Crippen molar-refractivity contribution in [3.8, 4) is 5.13 Å². The van der Waals surface area contributed by atoms with Crippen molar-refractivity contribution in [2.75, 3.05) is 23.9 Å². The van der Waals surface area contributed by atoms with E-state index in [1.807, 2.05) is 4.90 Å². The van der Waals surface area contributed by atoms with Gasteiger partial charge in [-0.3, -0.25) is 9.36 Å². The van der Waals surface area contributed by atoms with E-state index in [1.165, 1.54) is 22.1 Å². The summed E-state index contributed by atoms with van der Waals surface area (Å²) in [4.78, 5) is 35.1. The molecule has 0 aromatic carbocycles. The smallest absolute Gasteiger partial charge is 0.341 e. The van der Waals surface area contributed by atoms with Gasteiger partial charge in [0.25, 0.3) is 0 Å². The van der Waals surface area contributed by atoms with Gasteiger partial charge in [0.1, 0.15) is 17.0 Å². The van der Waals surface area contributed by atoms with Gasteiger partial charge in [-0.25, -0.2) is 14.8 Å². The Balaban J connectivity index is 1.90. The minimum absolute atomic E-state index is 0.246.